The second kappa shape index (κ2) is 10.7. The topological polar surface area (TPSA) is 64.0 Å². The van der Waals surface area contributed by atoms with Gasteiger partial charge in [0.2, 0.25) is 0 Å². The smallest absolute Gasteiger partial charge is 0.251 e. The summed E-state index contributed by atoms with van der Waals surface area (Å²) in [6.07, 6.45) is 12.5. The molecule has 156 valence electrons. The maximum Gasteiger partial charge on any atom is 0.251 e. The fourth-order valence-electron chi connectivity index (χ4n) is 4.56. The summed E-state index contributed by atoms with van der Waals surface area (Å²) in [5.74, 6) is 0.452. The summed E-state index contributed by atoms with van der Waals surface area (Å²) in [6, 6.07) is -0.178. The average molecular weight is 399 g/mol. The molecule has 1 amide bonds. The number of thiocarbonyl (C=S) groups is 1. The van der Waals surface area contributed by atoms with Gasteiger partial charge in [0.05, 0.1) is 5.60 Å². The molecule has 1 saturated carbocycles. The minimum absolute atomic E-state index is 0.0904. The number of amides is 1. The highest BCUT2D eigenvalue weighted by Gasteiger charge is 2.41. The molecule has 1 aliphatic carbocycles. The van der Waals surface area contributed by atoms with E-state index in [1.54, 1.807) is 11.9 Å². The molecule has 2 atom stereocenters. The lowest BCUT2D eigenvalue weighted by molar-refractivity contribution is -0.127. The Labute approximate surface area is 170 Å². The van der Waals surface area contributed by atoms with Crippen LogP contribution in [0.1, 0.15) is 84.0 Å². The van der Waals surface area contributed by atoms with E-state index in [0.29, 0.717) is 24.0 Å². The SMILES string of the molecule is CN1C(=O)C(CCCCCCCO)N(CCC(C)(O)C2CCCCC2)C1=S. The first-order valence-corrected chi connectivity index (χ1v) is 11.2. The molecule has 0 spiro atoms. The molecule has 1 saturated heterocycles. The van der Waals surface area contributed by atoms with Gasteiger partial charge >= 0.3 is 0 Å². The third-order valence-corrected chi connectivity index (χ3v) is 7.01. The van der Waals surface area contributed by atoms with Gasteiger partial charge in [-0.15, -0.1) is 0 Å². The molecule has 0 bridgehead atoms. The van der Waals surface area contributed by atoms with Crippen LogP contribution in [0, 0.1) is 5.92 Å². The fraction of sp³-hybridized carbons (Fsp3) is 0.905. The summed E-state index contributed by atoms with van der Waals surface area (Å²) >= 11 is 5.52. The highest BCUT2D eigenvalue weighted by molar-refractivity contribution is 7.80. The van der Waals surface area contributed by atoms with Crippen molar-refractivity contribution in [2.24, 2.45) is 5.92 Å². The van der Waals surface area contributed by atoms with Gasteiger partial charge in [-0.25, -0.2) is 0 Å². The molecule has 0 aromatic rings. The second-order valence-electron chi connectivity index (χ2n) is 8.61. The number of aliphatic hydroxyl groups excluding tert-OH is 1. The number of unbranched alkanes of at least 4 members (excludes halogenated alkanes) is 4. The molecule has 1 aliphatic heterocycles. The van der Waals surface area contributed by atoms with E-state index in [0.717, 1.165) is 51.4 Å². The molecule has 1 heterocycles. The van der Waals surface area contributed by atoms with E-state index < -0.39 is 5.60 Å². The lowest BCUT2D eigenvalue weighted by Crippen LogP contribution is -2.43. The number of likely N-dealkylation sites (N-methyl/N-ethyl adjacent to an activating group) is 1. The maximum atomic E-state index is 12.6. The Morgan fingerprint density at radius 3 is 2.41 bits per heavy atom. The lowest BCUT2D eigenvalue weighted by Gasteiger charge is -2.37. The zero-order chi connectivity index (χ0) is 19.9. The van der Waals surface area contributed by atoms with Crippen molar-refractivity contribution < 1.29 is 15.0 Å². The largest absolute Gasteiger partial charge is 0.396 e. The molecule has 2 unspecified atom stereocenters. The zero-order valence-corrected chi connectivity index (χ0v) is 18.0. The van der Waals surface area contributed by atoms with Gasteiger partial charge < -0.3 is 15.1 Å². The minimum Gasteiger partial charge on any atom is -0.396 e. The maximum absolute atomic E-state index is 12.6. The van der Waals surface area contributed by atoms with E-state index in [4.69, 9.17) is 17.3 Å². The minimum atomic E-state index is -0.685. The highest BCUT2D eigenvalue weighted by atomic mass is 32.1. The number of carbonyl (C=O) groups excluding carboxylic acids is 1. The third kappa shape index (κ3) is 6.13. The summed E-state index contributed by atoms with van der Waals surface area (Å²) in [4.78, 5) is 16.3. The fourth-order valence-corrected chi connectivity index (χ4v) is 4.87. The van der Waals surface area contributed by atoms with Gasteiger partial charge in [-0.05, 0) is 57.2 Å². The summed E-state index contributed by atoms with van der Waals surface area (Å²) in [7, 11) is 1.76. The molecule has 0 aromatic heterocycles. The molecule has 2 aliphatic rings. The molecule has 0 aromatic carbocycles. The first-order valence-electron chi connectivity index (χ1n) is 10.8. The lowest BCUT2D eigenvalue weighted by atomic mass is 9.76. The van der Waals surface area contributed by atoms with Crippen LogP contribution in [-0.4, -0.2) is 62.9 Å². The van der Waals surface area contributed by atoms with Gasteiger partial charge in [0.15, 0.2) is 5.11 Å². The Kier molecular flexibility index (Phi) is 8.96. The number of carbonyl (C=O) groups is 1. The van der Waals surface area contributed by atoms with Crippen molar-refractivity contribution >= 4 is 23.2 Å². The quantitative estimate of drug-likeness (QED) is 0.412. The Morgan fingerprint density at radius 1 is 1.11 bits per heavy atom. The van der Waals surface area contributed by atoms with Gasteiger partial charge in [-0.3, -0.25) is 9.69 Å². The monoisotopic (exact) mass is 398 g/mol. The van der Waals surface area contributed by atoms with Crippen molar-refractivity contribution in [3.05, 3.63) is 0 Å². The van der Waals surface area contributed by atoms with Gasteiger partial charge in [0, 0.05) is 20.2 Å². The molecular formula is C21H38N2O3S. The number of rotatable bonds is 11. The standard InChI is InChI=1S/C21H38N2O3S/c1-21(26,17-11-7-6-8-12-17)14-15-23-18(19(25)22(2)20(23)27)13-9-4-3-5-10-16-24/h17-18,24,26H,3-16H2,1-2H3. The Bertz CT molecular complexity index is 492. The van der Waals surface area contributed by atoms with Crippen molar-refractivity contribution in [1.29, 1.82) is 0 Å². The van der Waals surface area contributed by atoms with Gasteiger partial charge in [0.25, 0.3) is 5.91 Å². The van der Waals surface area contributed by atoms with Crippen LogP contribution in [0.15, 0.2) is 0 Å². The zero-order valence-electron chi connectivity index (χ0n) is 17.2. The van der Waals surface area contributed by atoms with E-state index in [9.17, 15) is 9.90 Å². The molecular weight excluding hydrogens is 360 g/mol. The number of hydrogen-bond donors (Lipinski definition) is 2. The molecule has 6 heteroatoms. The van der Waals surface area contributed by atoms with Crippen molar-refractivity contribution in [1.82, 2.24) is 9.80 Å². The number of nitrogens with zero attached hydrogens (tertiary/aromatic N) is 2. The summed E-state index contributed by atoms with van der Waals surface area (Å²) in [5.41, 5.74) is -0.685. The van der Waals surface area contributed by atoms with Crippen molar-refractivity contribution in [2.75, 3.05) is 20.2 Å². The van der Waals surface area contributed by atoms with Crippen LogP contribution in [0.2, 0.25) is 0 Å². The predicted molar refractivity (Wildman–Crippen MR) is 112 cm³/mol. The molecule has 0 radical (unpaired) electrons. The van der Waals surface area contributed by atoms with Gasteiger partial charge in [-0.2, -0.15) is 0 Å². The van der Waals surface area contributed by atoms with Crippen LogP contribution in [0.3, 0.4) is 0 Å². The van der Waals surface area contributed by atoms with E-state index in [2.05, 4.69) is 0 Å². The Hall–Kier alpha value is -0.720. The molecule has 27 heavy (non-hydrogen) atoms. The van der Waals surface area contributed by atoms with Crippen LogP contribution in [0.4, 0.5) is 0 Å². The summed E-state index contributed by atoms with van der Waals surface area (Å²) in [5, 5.41) is 20.5. The molecule has 5 nitrogen and oxygen atoms in total. The van der Waals surface area contributed by atoms with E-state index in [1.807, 2.05) is 11.8 Å². The Morgan fingerprint density at radius 2 is 1.74 bits per heavy atom. The van der Waals surface area contributed by atoms with Crippen LogP contribution in [0.5, 0.6) is 0 Å². The van der Waals surface area contributed by atoms with Crippen LogP contribution < -0.4 is 0 Å². The number of aliphatic hydroxyl groups is 2. The van der Waals surface area contributed by atoms with Gasteiger partial charge in [-0.1, -0.05) is 44.9 Å². The van der Waals surface area contributed by atoms with Gasteiger partial charge in [0.1, 0.15) is 6.04 Å². The van der Waals surface area contributed by atoms with E-state index >= 15 is 0 Å². The third-order valence-electron chi connectivity index (χ3n) is 6.50. The van der Waals surface area contributed by atoms with Crippen LogP contribution >= 0.6 is 12.2 Å². The van der Waals surface area contributed by atoms with Crippen molar-refractivity contribution in [3.8, 4) is 0 Å². The first-order chi connectivity index (χ1) is 12.9. The summed E-state index contributed by atoms with van der Waals surface area (Å²) in [6.45, 7) is 2.87. The van der Waals surface area contributed by atoms with E-state index in [1.165, 1.54) is 19.3 Å². The Balaban J connectivity index is 1.87. The first kappa shape index (κ1) is 22.6. The number of hydrogen-bond acceptors (Lipinski definition) is 4. The second-order valence-corrected chi connectivity index (χ2v) is 8.98. The predicted octanol–water partition coefficient (Wildman–Crippen LogP) is 3.47. The normalized spacial score (nSPS) is 23.9. The average Bonchev–Trinajstić information content (AvgIpc) is 2.87. The van der Waals surface area contributed by atoms with E-state index in [-0.39, 0.29) is 18.6 Å². The van der Waals surface area contributed by atoms with Crippen LogP contribution in [-0.2, 0) is 4.79 Å². The molecule has 2 N–H and O–H groups in total. The van der Waals surface area contributed by atoms with Crippen molar-refractivity contribution in [2.45, 2.75) is 95.6 Å². The van der Waals surface area contributed by atoms with Crippen LogP contribution in [0.25, 0.3) is 0 Å². The molecule has 2 rings (SSSR count). The van der Waals surface area contributed by atoms with Crippen molar-refractivity contribution in [3.63, 3.8) is 0 Å². The summed E-state index contributed by atoms with van der Waals surface area (Å²) < 4.78 is 0. The molecule has 2 fully saturated rings. The highest BCUT2D eigenvalue weighted by Crippen LogP contribution is 2.35.